The van der Waals surface area contributed by atoms with Gasteiger partial charge in [-0.1, -0.05) is 29.3 Å². The molecule has 7 heteroatoms. The third-order valence-electron chi connectivity index (χ3n) is 3.84. The fourth-order valence-corrected chi connectivity index (χ4v) is 4.21. The SMILES string of the molecule is Cc1ccc(S(=O)(=O)n2ccc3c(CC(=N)N)c(Cl)ccc32)cc1. The van der Waals surface area contributed by atoms with Crippen molar-refractivity contribution in [1.82, 2.24) is 3.97 Å². The monoisotopic (exact) mass is 361 g/mol. The van der Waals surface area contributed by atoms with E-state index in [1.807, 2.05) is 6.92 Å². The molecule has 0 atom stereocenters. The summed E-state index contributed by atoms with van der Waals surface area (Å²) in [7, 11) is -3.71. The lowest BCUT2D eigenvalue weighted by Crippen LogP contribution is -2.14. The normalized spacial score (nSPS) is 11.8. The van der Waals surface area contributed by atoms with E-state index in [9.17, 15) is 8.42 Å². The molecule has 0 saturated carbocycles. The molecule has 3 aromatic rings. The van der Waals surface area contributed by atoms with E-state index >= 15 is 0 Å². The van der Waals surface area contributed by atoms with Crippen LogP contribution in [-0.2, 0) is 16.4 Å². The number of aryl methyl sites for hydroxylation is 1. The lowest BCUT2D eigenvalue weighted by molar-refractivity contribution is 0.589. The largest absolute Gasteiger partial charge is 0.387 e. The van der Waals surface area contributed by atoms with E-state index in [4.69, 9.17) is 22.7 Å². The molecule has 2 aromatic carbocycles. The van der Waals surface area contributed by atoms with Crippen molar-refractivity contribution in [3.8, 4) is 0 Å². The number of halogens is 1. The van der Waals surface area contributed by atoms with Gasteiger partial charge < -0.3 is 5.73 Å². The predicted octanol–water partition coefficient (Wildman–Crippen LogP) is 3.32. The van der Waals surface area contributed by atoms with E-state index in [2.05, 4.69) is 0 Å². The molecule has 3 N–H and O–H groups in total. The first kappa shape index (κ1) is 16.5. The molecule has 1 aromatic heterocycles. The zero-order chi connectivity index (χ0) is 17.5. The van der Waals surface area contributed by atoms with Crippen LogP contribution in [0.2, 0.25) is 5.02 Å². The van der Waals surface area contributed by atoms with Gasteiger partial charge in [-0.2, -0.15) is 0 Å². The zero-order valence-corrected chi connectivity index (χ0v) is 14.5. The number of hydrogen-bond acceptors (Lipinski definition) is 3. The van der Waals surface area contributed by atoms with Gasteiger partial charge in [-0.05, 0) is 42.8 Å². The molecule has 0 bridgehead atoms. The van der Waals surface area contributed by atoms with Crippen LogP contribution in [0.1, 0.15) is 11.1 Å². The quantitative estimate of drug-likeness (QED) is 0.551. The van der Waals surface area contributed by atoms with Crippen LogP contribution in [0.15, 0.2) is 53.6 Å². The number of hydrogen-bond donors (Lipinski definition) is 2. The molecule has 0 radical (unpaired) electrons. The van der Waals surface area contributed by atoms with Crippen LogP contribution in [0.25, 0.3) is 10.9 Å². The average molecular weight is 362 g/mol. The second-order valence-electron chi connectivity index (χ2n) is 5.59. The summed E-state index contributed by atoms with van der Waals surface area (Å²) in [6.45, 7) is 1.90. The van der Waals surface area contributed by atoms with Crippen LogP contribution in [-0.4, -0.2) is 18.2 Å². The molecular formula is C17H16ClN3O2S. The molecule has 0 saturated heterocycles. The zero-order valence-electron chi connectivity index (χ0n) is 13.0. The van der Waals surface area contributed by atoms with Gasteiger partial charge in [0.15, 0.2) is 0 Å². The lowest BCUT2D eigenvalue weighted by Gasteiger charge is -2.10. The van der Waals surface area contributed by atoms with Gasteiger partial charge in [0.05, 0.1) is 16.2 Å². The molecule has 0 fully saturated rings. The molecule has 3 rings (SSSR count). The second-order valence-corrected chi connectivity index (χ2v) is 7.81. The Hall–Kier alpha value is -2.31. The lowest BCUT2D eigenvalue weighted by atomic mass is 10.1. The Balaban J connectivity index is 2.21. The molecule has 0 aliphatic heterocycles. The maximum atomic E-state index is 12.9. The third kappa shape index (κ3) is 2.79. The van der Waals surface area contributed by atoms with Gasteiger partial charge in [0.2, 0.25) is 0 Å². The second kappa shape index (κ2) is 5.96. The number of nitrogens with one attached hydrogen (secondary N) is 1. The minimum atomic E-state index is -3.71. The minimum absolute atomic E-state index is 0.0291. The van der Waals surface area contributed by atoms with Gasteiger partial charge in [-0.25, -0.2) is 12.4 Å². The molecular weight excluding hydrogens is 346 g/mol. The Morgan fingerprint density at radius 1 is 1.17 bits per heavy atom. The van der Waals surface area contributed by atoms with Crippen molar-refractivity contribution in [2.45, 2.75) is 18.2 Å². The first-order valence-electron chi connectivity index (χ1n) is 7.24. The van der Waals surface area contributed by atoms with Crippen LogP contribution >= 0.6 is 11.6 Å². The summed E-state index contributed by atoms with van der Waals surface area (Å²) in [4.78, 5) is 0.216. The van der Waals surface area contributed by atoms with Gasteiger partial charge >= 0.3 is 0 Å². The Morgan fingerprint density at radius 3 is 2.46 bits per heavy atom. The molecule has 0 spiro atoms. The number of nitrogens with zero attached hydrogens (tertiary/aromatic N) is 1. The Morgan fingerprint density at radius 2 is 1.83 bits per heavy atom. The van der Waals surface area contributed by atoms with Gasteiger partial charge in [0.1, 0.15) is 0 Å². The van der Waals surface area contributed by atoms with Crippen LogP contribution in [0, 0.1) is 12.3 Å². The highest BCUT2D eigenvalue weighted by molar-refractivity contribution is 7.90. The summed E-state index contributed by atoms with van der Waals surface area (Å²) in [5, 5.41) is 8.62. The number of aromatic nitrogens is 1. The Labute approximate surface area is 145 Å². The smallest absolute Gasteiger partial charge is 0.268 e. The van der Waals surface area contributed by atoms with Crippen LogP contribution in [0.5, 0.6) is 0 Å². The predicted molar refractivity (Wildman–Crippen MR) is 96.3 cm³/mol. The number of amidine groups is 1. The topological polar surface area (TPSA) is 88.9 Å². The van der Waals surface area contributed by atoms with Crippen molar-refractivity contribution in [1.29, 1.82) is 5.41 Å². The van der Waals surface area contributed by atoms with E-state index in [0.29, 0.717) is 21.5 Å². The van der Waals surface area contributed by atoms with Crippen molar-refractivity contribution in [2.75, 3.05) is 0 Å². The summed E-state index contributed by atoms with van der Waals surface area (Å²) in [5.41, 5.74) is 7.63. The summed E-state index contributed by atoms with van der Waals surface area (Å²) < 4.78 is 27.0. The number of rotatable bonds is 4. The van der Waals surface area contributed by atoms with E-state index in [1.54, 1.807) is 42.5 Å². The maximum Gasteiger partial charge on any atom is 0.268 e. The molecule has 1 heterocycles. The Bertz CT molecular complexity index is 1040. The fraction of sp³-hybridized carbons (Fsp3) is 0.118. The van der Waals surface area contributed by atoms with Gasteiger partial charge in [-0.15, -0.1) is 0 Å². The first-order valence-corrected chi connectivity index (χ1v) is 9.06. The van der Waals surface area contributed by atoms with Gasteiger partial charge in [0.25, 0.3) is 10.0 Å². The van der Waals surface area contributed by atoms with Crippen molar-refractivity contribution >= 4 is 38.4 Å². The molecule has 0 unspecified atom stereocenters. The van der Waals surface area contributed by atoms with Crippen molar-refractivity contribution < 1.29 is 8.42 Å². The molecule has 124 valence electrons. The van der Waals surface area contributed by atoms with Gasteiger partial charge in [-0.3, -0.25) is 5.41 Å². The highest BCUT2D eigenvalue weighted by Gasteiger charge is 2.20. The number of benzene rings is 2. The highest BCUT2D eigenvalue weighted by atomic mass is 35.5. The molecule has 0 aliphatic rings. The van der Waals surface area contributed by atoms with Crippen molar-refractivity contribution in [3.63, 3.8) is 0 Å². The summed E-state index contributed by atoms with van der Waals surface area (Å²) >= 11 is 6.19. The van der Waals surface area contributed by atoms with E-state index in [1.165, 1.54) is 10.2 Å². The van der Waals surface area contributed by atoms with Crippen LogP contribution < -0.4 is 5.73 Å². The van der Waals surface area contributed by atoms with E-state index < -0.39 is 10.0 Å². The van der Waals surface area contributed by atoms with Crippen molar-refractivity contribution in [2.24, 2.45) is 5.73 Å². The average Bonchev–Trinajstić information content (AvgIpc) is 2.95. The standard InChI is InChI=1S/C17H16ClN3O2S/c1-11-2-4-12(5-3-11)24(22,23)21-9-8-13-14(10-17(19)20)15(18)6-7-16(13)21/h2-9H,10H2,1H3,(H3,19,20). The maximum absolute atomic E-state index is 12.9. The highest BCUT2D eigenvalue weighted by Crippen LogP contribution is 2.30. The molecule has 0 aliphatic carbocycles. The van der Waals surface area contributed by atoms with Crippen LogP contribution in [0.3, 0.4) is 0 Å². The number of fused-ring (bicyclic) bond motifs is 1. The molecule has 5 nitrogen and oxygen atoms in total. The van der Waals surface area contributed by atoms with Crippen molar-refractivity contribution in [3.05, 3.63) is 64.8 Å². The first-order chi connectivity index (χ1) is 11.3. The van der Waals surface area contributed by atoms with Crippen LogP contribution in [0.4, 0.5) is 0 Å². The molecule has 24 heavy (non-hydrogen) atoms. The third-order valence-corrected chi connectivity index (χ3v) is 5.89. The Kier molecular flexibility index (Phi) is 4.11. The van der Waals surface area contributed by atoms with E-state index in [-0.39, 0.29) is 17.2 Å². The fourth-order valence-electron chi connectivity index (χ4n) is 2.63. The summed E-state index contributed by atoms with van der Waals surface area (Å²) in [5.74, 6) is -0.0291. The van der Waals surface area contributed by atoms with Gasteiger partial charge in [0, 0.05) is 23.0 Å². The minimum Gasteiger partial charge on any atom is -0.387 e. The number of nitrogens with two attached hydrogens (primary N) is 1. The summed E-state index contributed by atoms with van der Waals surface area (Å²) in [6, 6.07) is 11.7. The van der Waals surface area contributed by atoms with E-state index in [0.717, 1.165) is 5.56 Å². The molecule has 0 amide bonds. The summed E-state index contributed by atoms with van der Waals surface area (Å²) in [6.07, 6.45) is 1.67.